The first-order chi connectivity index (χ1) is 19.8. The third kappa shape index (κ3) is 6.60. The number of anilines is 1. The van der Waals surface area contributed by atoms with E-state index in [1.165, 1.54) is 42.6 Å². The van der Waals surface area contributed by atoms with Gasteiger partial charge >= 0.3 is 0 Å². The van der Waals surface area contributed by atoms with Crippen molar-refractivity contribution in [2.45, 2.75) is 38.0 Å². The van der Waals surface area contributed by atoms with E-state index in [0.29, 0.717) is 22.3 Å². The van der Waals surface area contributed by atoms with Gasteiger partial charge in [-0.2, -0.15) is 9.78 Å². The van der Waals surface area contributed by atoms with Crippen LogP contribution >= 0.6 is 27.5 Å². The van der Waals surface area contributed by atoms with Crippen LogP contribution in [0.4, 0.5) is 10.1 Å². The molecule has 0 spiro atoms. The van der Waals surface area contributed by atoms with E-state index in [1.54, 1.807) is 24.3 Å². The quantitative estimate of drug-likeness (QED) is 0.211. The Morgan fingerprint density at radius 3 is 2.73 bits per heavy atom. The fourth-order valence-electron chi connectivity index (χ4n) is 4.87. The predicted molar refractivity (Wildman–Crippen MR) is 161 cm³/mol. The van der Waals surface area contributed by atoms with Gasteiger partial charge in [0.05, 0.1) is 34.9 Å². The van der Waals surface area contributed by atoms with E-state index in [-0.39, 0.29) is 33.7 Å². The highest BCUT2D eigenvalue weighted by atomic mass is 79.9. The number of halogens is 3. The Morgan fingerprint density at radius 2 is 1.98 bits per heavy atom. The number of ether oxygens (including phenoxy) is 2. The number of aromatic nitrogens is 2. The molecule has 1 aromatic heterocycles. The average Bonchev–Trinajstić information content (AvgIpc) is 2.97. The van der Waals surface area contributed by atoms with Gasteiger partial charge in [-0.3, -0.25) is 9.59 Å². The molecule has 0 radical (unpaired) electrons. The summed E-state index contributed by atoms with van der Waals surface area (Å²) < 4.78 is 27.1. The second-order valence-electron chi connectivity index (χ2n) is 9.68. The number of hydrogen-bond donors (Lipinski definition) is 1. The van der Waals surface area contributed by atoms with Crippen molar-refractivity contribution < 1.29 is 18.7 Å². The lowest BCUT2D eigenvalue weighted by Crippen LogP contribution is -2.25. The number of methoxy groups -OCH3 is 1. The summed E-state index contributed by atoms with van der Waals surface area (Å²) in [4.78, 5) is 30.8. The number of nitrogens with one attached hydrogen (secondary N) is 1. The maximum Gasteiger partial charge on any atom is 0.282 e. The van der Waals surface area contributed by atoms with Crippen LogP contribution in [0, 0.1) is 5.82 Å². The Hall–Kier alpha value is -3.76. The lowest BCUT2D eigenvalue weighted by atomic mass is 9.88. The van der Waals surface area contributed by atoms with Gasteiger partial charge in [-0.25, -0.2) is 9.37 Å². The minimum Gasteiger partial charge on any atom is -0.493 e. The first-order valence-electron chi connectivity index (χ1n) is 13.2. The van der Waals surface area contributed by atoms with Crippen LogP contribution in [-0.4, -0.2) is 35.5 Å². The van der Waals surface area contributed by atoms with Crippen LogP contribution in [0.25, 0.3) is 10.9 Å². The van der Waals surface area contributed by atoms with Gasteiger partial charge in [-0.15, -0.1) is 0 Å². The van der Waals surface area contributed by atoms with Crippen molar-refractivity contribution in [1.29, 1.82) is 0 Å². The number of benzene rings is 3. The van der Waals surface area contributed by atoms with Gasteiger partial charge in [0.25, 0.3) is 11.5 Å². The molecule has 1 amide bonds. The molecule has 0 bridgehead atoms. The molecule has 4 aromatic rings. The van der Waals surface area contributed by atoms with Gasteiger partial charge in [-0.1, -0.05) is 58.9 Å². The lowest BCUT2D eigenvalue weighted by molar-refractivity contribution is -0.118. The maximum absolute atomic E-state index is 13.8. The topological polar surface area (TPSA) is 94.8 Å². The largest absolute Gasteiger partial charge is 0.493 e. The number of rotatable bonds is 8. The summed E-state index contributed by atoms with van der Waals surface area (Å²) in [6.45, 7) is -0.420. The van der Waals surface area contributed by atoms with Gasteiger partial charge in [-0.05, 0) is 60.9 Å². The summed E-state index contributed by atoms with van der Waals surface area (Å²) in [7, 11) is 1.44. The summed E-state index contributed by atoms with van der Waals surface area (Å²) in [5.74, 6) is 0.0556. The van der Waals surface area contributed by atoms with E-state index in [9.17, 15) is 14.0 Å². The monoisotopic (exact) mass is 640 g/mol. The molecule has 1 aliphatic rings. The Bertz CT molecular complexity index is 1690. The number of amides is 1. The average molecular weight is 642 g/mol. The minimum atomic E-state index is -0.566. The van der Waals surface area contributed by atoms with Crippen LogP contribution in [-0.2, 0) is 4.79 Å². The first kappa shape index (κ1) is 28.8. The Morgan fingerprint density at radius 1 is 1.20 bits per heavy atom. The Kier molecular flexibility index (Phi) is 8.99. The molecule has 41 heavy (non-hydrogen) atoms. The maximum atomic E-state index is 13.8. The van der Waals surface area contributed by atoms with E-state index in [2.05, 4.69) is 26.3 Å². The summed E-state index contributed by atoms with van der Waals surface area (Å²) in [5, 5.41) is 7.64. The molecule has 1 heterocycles. The summed E-state index contributed by atoms with van der Waals surface area (Å²) >= 11 is 9.94. The Balaban J connectivity index is 1.42. The van der Waals surface area contributed by atoms with Gasteiger partial charge in [0, 0.05) is 10.4 Å². The van der Waals surface area contributed by atoms with Crippen LogP contribution in [0.1, 0.15) is 49.4 Å². The molecule has 212 valence electrons. The first-order valence-corrected chi connectivity index (χ1v) is 14.3. The molecular formula is C30H27BrClFN4O4. The van der Waals surface area contributed by atoms with E-state index in [0.717, 1.165) is 30.2 Å². The zero-order valence-electron chi connectivity index (χ0n) is 22.2. The second-order valence-corrected chi connectivity index (χ2v) is 11.0. The molecular weight excluding hydrogens is 615 g/mol. The van der Waals surface area contributed by atoms with E-state index >= 15 is 0 Å². The lowest BCUT2D eigenvalue weighted by Gasteiger charge is -2.22. The minimum absolute atomic E-state index is 0.0455. The number of hydrogen-bond acceptors (Lipinski definition) is 6. The van der Waals surface area contributed by atoms with Crippen LogP contribution in [0.2, 0.25) is 5.02 Å². The molecule has 0 atom stereocenters. The summed E-state index contributed by atoms with van der Waals surface area (Å²) in [5.41, 5.74) is 0.970. The molecule has 0 unspecified atom stereocenters. The van der Waals surface area contributed by atoms with E-state index in [4.69, 9.17) is 26.1 Å². The van der Waals surface area contributed by atoms with Crippen molar-refractivity contribution in [2.24, 2.45) is 5.10 Å². The molecule has 1 saturated carbocycles. The van der Waals surface area contributed by atoms with Crippen LogP contribution < -0.4 is 20.3 Å². The van der Waals surface area contributed by atoms with Crippen molar-refractivity contribution in [3.63, 3.8) is 0 Å². The third-order valence-corrected chi connectivity index (χ3v) is 7.65. The normalized spacial score (nSPS) is 14.0. The van der Waals surface area contributed by atoms with Gasteiger partial charge in [0.2, 0.25) is 0 Å². The Labute approximate surface area is 249 Å². The van der Waals surface area contributed by atoms with Crippen molar-refractivity contribution in [2.75, 3.05) is 19.0 Å². The second kappa shape index (κ2) is 12.8. The fourth-order valence-corrected chi connectivity index (χ4v) is 5.50. The molecule has 0 saturated heterocycles. The molecule has 8 nitrogen and oxygen atoms in total. The summed E-state index contributed by atoms with van der Waals surface area (Å²) in [6, 6.07) is 14.5. The van der Waals surface area contributed by atoms with E-state index < -0.39 is 18.3 Å². The van der Waals surface area contributed by atoms with Crippen molar-refractivity contribution >= 4 is 56.2 Å². The number of carbonyl (C=O) groups is 1. The van der Waals surface area contributed by atoms with Gasteiger partial charge < -0.3 is 14.8 Å². The van der Waals surface area contributed by atoms with Gasteiger partial charge in [0.15, 0.2) is 18.1 Å². The molecule has 1 aliphatic carbocycles. The van der Waals surface area contributed by atoms with Crippen molar-refractivity contribution in [1.82, 2.24) is 9.66 Å². The van der Waals surface area contributed by atoms with Crippen LogP contribution in [0.5, 0.6) is 11.5 Å². The molecule has 1 fully saturated rings. The van der Waals surface area contributed by atoms with Gasteiger partial charge in [0.1, 0.15) is 11.6 Å². The van der Waals surface area contributed by atoms with Crippen LogP contribution in [0.15, 0.2) is 69.0 Å². The SMILES string of the molecule is COc1cc(C=Nn2c(C3CCCCC3)nc3ccc(Br)cc3c2=O)cc(Cl)c1OCC(=O)Nc1ccccc1F. The summed E-state index contributed by atoms with van der Waals surface area (Å²) in [6.07, 6.45) is 6.73. The molecule has 3 aromatic carbocycles. The fraction of sp³-hybridized carbons (Fsp3) is 0.267. The number of carbonyl (C=O) groups excluding carboxylic acids is 1. The molecule has 5 rings (SSSR count). The third-order valence-electron chi connectivity index (χ3n) is 6.87. The molecule has 11 heteroatoms. The zero-order valence-corrected chi connectivity index (χ0v) is 24.5. The van der Waals surface area contributed by atoms with Crippen molar-refractivity contribution in [3.05, 3.63) is 91.7 Å². The predicted octanol–water partition coefficient (Wildman–Crippen LogP) is 6.91. The van der Waals surface area contributed by atoms with Crippen LogP contribution in [0.3, 0.4) is 0 Å². The molecule has 0 aliphatic heterocycles. The molecule has 1 N–H and O–H groups in total. The highest BCUT2D eigenvalue weighted by Gasteiger charge is 2.23. The van der Waals surface area contributed by atoms with Crippen molar-refractivity contribution in [3.8, 4) is 11.5 Å². The highest BCUT2D eigenvalue weighted by molar-refractivity contribution is 9.10. The number of para-hydroxylation sites is 1. The number of nitrogens with zero attached hydrogens (tertiary/aromatic N) is 3. The standard InChI is InChI=1S/C30H27BrClFN4O4/c1-40-26-14-18(13-22(32)28(26)41-17-27(38)35-25-10-6-5-9-23(25)33)16-34-37-29(19-7-3-2-4-8-19)36-24-12-11-20(31)15-21(24)30(37)39/h5-6,9-16,19H,2-4,7-8,17H2,1H3,(H,35,38). The number of fused-ring (bicyclic) bond motifs is 1. The highest BCUT2D eigenvalue weighted by Crippen LogP contribution is 2.36. The van der Waals surface area contributed by atoms with E-state index in [1.807, 2.05) is 12.1 Å². The zero-order chi connectivity index (χ0) is 28.9. The smallest absolute Gasteiger partial charge is 0.282 e.